The molecule has 0 saturated heterocycles. The van der Waals surface area contributed by atoms with E-state index in [1.165, 1.54) is 23.9 Å². The van der Waals surface area contributed by atoms with E-state index in [2.05, 4.69) is 4.98 Å². The highest BCUT2D eigenvalue weighted by Crippen LogP contribution is 2.36. The van der Waals surface area contributed by atoms with E-state index in [1.807, 2.05) is 55.7 Å². The van der Waals surface area contributed by atoms with Crippen LogP contribution in [0.25, 0.3) is 0 Å². The van der Waals surface area contributed by atoms with E-state index in [0.717, 1.165) is 28.2 Å². The van der Waals surface area contributed by atoms with Gasteiger partial charge in [0.25, 0.3) is 0 Å². The van der Waals surface area contributed by atoms with Crippen LogP contribution in [0.3, 0.4) is 0 Å². The van der Waals surface area contributed by atoms with Crippen LogP contribution in [0.2, 0.25) is 0 Å². The minimum Gasteiger partial charge on any atom is -0.356 e. The van der Waals surface area contributed by atoms with Gasteiger partial charge in [-0.1, -0.05) is 55.9 Å². The molecule has 6 heteroatoms. The Labute approximate surface area is 162 Å². The lowest BCUT2D eigenvalue weighted by Gasteiger charge is -2.13. The van der Waals surface area contributed by atoms with Gasteiger partial charge in [0, 0.05) is 11.0 Å². The maximum Gasteiger partial charge on any atom is 0.140 e. The number of benzene rings is 2. The quantitative estimate of drug-likeness (QED) is 0.503. The zero-order chi connectivity index (χ0) is 19.4. The van der Waals surface area contributed by atoms with Gasteiger partial charge in [-0.15, -0.1) is 0 Å². The van der Waals surface area contributed by atoms with Crippen molar-refractivity contribution in [2.75, 3.05) is 0 Å². The van der Waals surface area contributed by atoms with Crippen LogP contribution >= 0.6 is 11.8 Å². The summed E-state index contributed by atoms with van der Waals surface area (Å²) in [4.78, 5) is 5.01. The van der Waals surface area contributed by atoms with Gasteiger partial charge in [-0.25, -0.2) is 13.8 Å². The fourth-order valence-electron chi connectivity index (χ4n) is 2.69. The van der Waals surface area contributed by atoms with E-state index in [9.17, 15) is 8.78 Å². The van der Waals surface area contributed by atoms with Crippen molar-refractivity contribution < 1.29 is 13.5 Å². The van der Waals surface area contributed by atoms with E-state index in [0.29, 0.717) is 18.2 Å². The van der Waals surface area contributed by atoms with Crippen LogP contribution in [0.4, 0.5) is 8.78 Å². The van der Waals surface area contributed by atoms with Crippen molar-refractivity contribution >= 4 is 11.8 Å². The summed E-state index contributed by atoms with van der Waals surface area (Å²) in [5, 5.41) is 0.820. The fraction of sp³-hybridized carbons (Fsp3) is 0.286. The largest absolute Gasteiger partial charge is 0.356 e. The van der Waals surface area contributed by atoms with Crippen LogP contribution in [0.1, 0.15) is 36.8 Å². The topological polar surface area (TPSA) is 27.1 Å². The molecule has 0 atom stereocenters. The molecule has 0 fully saturated rings. The number of imidazole rings is 1. The lowest BCUT2D eigenvalue weighted by molar-refractivity contribution is 0.0577. The average Bonchev–Trinajstić information content (AvgIpc) is 2.95. The van der Waals surface area contributed by atoms with Crippen molar-refractivity contribution in [3.05, 3.63) is 77.2 Å². The first-order valence-electron chi connectivity index (χ1n) is 8.77. The summed E-state index contributed by atoms with van der Waals surface area (Å²) in [6, 6.07) is 13.5. The molecule has 1 aromatic heterocycles. The number of hydrogen-bond donors (Lipinski definition) is 0. The molecular formula is C21H22F2N2OS. The Kier molecular flexibility index (Phi) is 6.29. The maximum absolute atomic E-state index is 14.2. The Balaban J connectivity index is 1.84. The first kappa shape index (κ1) is 19.6. The number of aromatic nitrogens is 2. The van der Waals surface area contributed by atoms with Gasteiger partial charge in [-0.3, -0.25) is 4.57 Å². The minimum atomic E-state index is -0.586. The molecule has 3 nitrogen and oxygen atoms in total. The summed E-state index contributed by atoms with van der Waals surface area (Å²) in [6.07, 6.45) is 0. The highest BCUT2D eigenvalue weighted by Gasteiger charge is 2.20. The number of hydrogen-bond acceptors (Lipinski definition) is 3. The number of ether oxygens (including phenoxy) is 1. The van der Waals surface area contributed by atoms with E-state index in [4.69, 9.17) is 4.74 Å². The molecule has 2 aromatic carbocycles. The molecule has 0 radical (unpaired) electrons. The van der Waals surface area contributed by atoms with Crippen molar-refractivity contribution in [3.63, 3.8) is 0 Å². The lowest BCUT2D eigenvalue weighted by Crippen LogP contribution is -2.06. The van der Waals surface area contributed by atoms with Gasteiger partial charge in [0.2, 0.25) is 0 Å². The predicted molar refractivity (Wildman–Crippen MR) is 103 cm³/mol. The lowest BCUT2D eigenvalue weighted by atomic mass is 10.2. The molecule has 142 valence electrons. The predicted octanol–water partition coefficient (Wildman–Crippen LogP) is 5.92. The van der Waals surface area contributed by atoms with Crippen molar-refractivity contribution in [3.8, 4) is 0 Å². The molecule has 0 N–H and O–H groups in total. The van der Waals surface area contributed by atoms with Crippen LogP contribution in [0.5, 0.6) is 0 Å². The average molecular weight is 388 g/mol. The van der Waals surface area contributed by atoms with E-state index in [-0.39, 0.29) is 5.92 Å². The van der Waals surface area contributed by atoms with Gasteiger partial charge in [-0.05, 0) is 30.5 Å². The second kappa shape index (κ2) is 8.67. The SMILES string of the molecule is Cc1nc(C(C)C)c(Sc2ccc(F)cc2F)n1COCc1ccccc1. The molecule has 3 rings (SSSR count). The molecule has 0 bridgehead atoms. The van der Waals surface area contributed by atoms with Crippen LogP contribution in [-0.4, -0.2) is 9.55 Å². The molecular weight excluding hydrogens is 366 g/mol. The normalized spacial score (nSPS) is 11.3. The summed E-state index contributed by atoms with van der Waals surface area (Å²) in [7, 11) is 0. The third-order valence-electron chi connectivity index (χ3n) is 4.12. The molecule has 0 spiro atoms. The summed E-state index contributed by atoms with van der Waals surface area (Å²) in [5.41, 5.74) is 1.96. The zero-order valence-electron chi connectivity index (χ0n) is 15.6. The zero-order valence-corrected chi connectivity index (χ0v) is 16.4. The molecule has 27 heavy (non-hydrogen) atoms. The Bertz CT molecular complexity index is 910. The van der Waals surface area contributed by atoms with Crippen molar-refractivity contribution in [2.45, 2.75) is 49.9 Å². The number of aryl methyl sites for hydroxylation is 1. The second-order valence-corrected chi connectivity index (χ2v) is 7.60. The first-order chi connectivity index (χ1) is 13.0. The van der Waals surface area contributed by atoms with E-state index < -0.39 is 11.6 Å². The standard InChI is InChI=1S/C21H22F2N2OS/c1-14(2)20-21(27-19-10-9-17(22)11-18(19)23)25(15(3)24-20)13-26-12-16-7-5-4-6-8-16/h4-11,14H,12-13H2,1-3H3. The van der Waals surface area contributed by atoms with Crippen molar-refractivity contribution in [2.24, 2.45) is 0 Å². The van der Waals surface area contributed by atoms with E-state index in [1.54, 1.807) is 0 Å². The molecule has 0 unspecified atom stereocenters. The summed E-state index contributed by atoms with van der Waals surface area (Å²) < 4.78 is 35.2. The van der Waals surface area contributed by atoms with Crippen LogP contribution in [0.15, 0.2) is 58.5 Å². The third kappa shape index (κ3) is 4.76. The molecule has 1 heterocycles. The Morgan fingerprint density at radius 3 is 2.52 bits per heavy atom. The Morgan fingerprint density at radius 2 is 1.85 bits per heavy atom. The van der Waals surface area contributed by atoms with Crippen LogP contribution in [0, 0.1) is 18.6 Å². The van der Waals surface area contributed by atoms with Crippen LogP contribution in [-0.2, 0) is 18.1 Å². The Hall–Kier alpha value is -2.18. The van der Waals surface area contributed by atoms with Crippen LogP contribution < -0.4 is 0 Å². The first-order valence-corrected chi connectivity index (χ1v) is 9.59. The number of nitrogens with zero attached hydrogens (tertiary/aromatic N) is 2. The molecule has 3 aromatic rings. The molecule has 0 aliphatic rings. The fourth-order valence-corrected chi connectivity index (χ4v) is 3.88. The highest BCUT2D eigenvalue weighted by molar-refractivity contribution is 7.99. The highest BCUT2D eigenvalue weighted by atomic mass is 32.2. The van der Waals surface area contributed by atoms with Gasteiger partial charge < -0.3 is 4.74 Å². The summed E-state index contributed by atoms with van der Waals surface area (Å²) in [6.45, 7) is 6.78. The van der Waals surface area contributed by atoms with Gasteiger partial charge in [0.05, 0.1) is 12.3 Å². The van der Waals surface area contributed by atoms with Crippen molar-refractivity contribution in [1.82, 2.24) is 9.55 Å². The van der Waals surface area contributed by atoms with E-state index >= 15 is 0 Å². The smallest absolute Gasteiger partial charge is 0.140 e. The number of halogens is 2. The van der Waals surface area contributed by atoms with Crippen molar-refractivity contribution in [1.29, 1.82) is 0 Å². The molecule has 0 amide bonds. The minimum absolute atomic E-state index is 0.171. The third-order valence-corrected chi connectivity index (χ3v) is 5.29. The van der Waals surface area contributed by atoms with Gasteiger partial charge in [0.15, 0.2) is 0 Å². The second-order valence-electron chi connectivity index (χ2n) is 6.57. The van der Waals surface area contributed by atoms with Gasteiger partial charge in [0.1, 0.15) is 29.2 Å². The number of rotatable bonds is 7. The molecule has 0 saturated carbocycles. The summed E-state index contributed by atoms with van der Waals surface area (Å²) >= 11 is 1.25. The van der Waals surface area contributed by atoms with Gasteiger partial charge >= 0.3 is 0 Å². The summed E-state index contributed by atoms with van der Waals surface area (Å²) in [5.74, 6) is -0.191. The maximum atomic E-state index is 14.2. The Morgan fingerprint density at radius 1 is 1.11 bits per heavy atom. The molecule has 0 aliphatic heterocycles. The molecule has 0 aliphatic carbocycles. The monoisotopic (exact) mass is 388 g/mol. The van der Waals surface area contributed by atoms with Gasteiger partial charge in [-0.2, -0.15) is 0 Å².